The number of aliphatic hydroxyl groups is 1. The van der Waals surface area contributed by atoms with Gasteiger partial charge in [0.25, 0.3) is 0 Å². The zero-order chi connectivity index (χ0) is 19.0. The van der Waals surface area contributed by atoms with Crippen LogP contribution in [-0.4, -0.2) is 29.7 Å². The van der Waals surface area contributed by atoms with E-state index in [4.69, 9.17) is 0 Å². The van der Waals surface area contributed by atoms with Crippen LogP contribution in [0.3, 0.4) is 0 Å². The first-order chi connectivity index (χ1) is 13.0. The Labute approximate surface area is 153 Å². The summed E-state index contributed by atoms with van der Waals surface area (Å²) in [6, 6.07) is 9.98. The van der Waals surface area contributed by atoms with E-state index in [1.54, 1.807) is 17.8 Å². The molecule has 6 nitrogen and oxygen atoms in total. The summed E-state index contributed by atoms with van der Waals surface area (Å²) in [6.07, 6.45) is 4.44. The average Bonchev–Trinajstić information content (AvgIpc) is 3.30. The largest absolute Gasteiger partial charge is 0.381 e. The van der Waals surface area contributed by atoms with Crippen LogP contribution in [0, 0.1) is 11.6 Å². The number of hydrogen-bond acceptors (Lipinski definition) is 4. The molecule has 4 rings (SSSR count). The highest BCUT2D eigenvalue weighted by Gasteiger charge is 2.41. The van der Waals surface area contributed by atoms with Gasteiger partial charge in [0.2, 0.25) is 0 Å². The van der Waals surface area contributed by atoms with Gasteiger partial charge in [0.1, 0.15) is 29.9 Å². The van der Waals surface area contributed by atoms with Crippen LogP contribution >= 0.6 is 0 Å². The standard InChI is InChI=1S/C19H17F2N5O/c1-13(26-18-5-3-2-4-14(18)9-23-26)19(27,10-25-12-22-11-24-25)16-7-6-15(20)8-17(16)21/h2-9,11-13,27H,10H2,1H3/t13-,19-/m1/s1. The van der Waals surface area contributed by atoms with Crippen LogP contribution in [0.4, 0.5) is 8.78 Å². The van der Waals surface area contributed by atoms with Crippen molar-refractivity contribution in [1.82, 2.24) is 24.5 Å². The van der Waals surface area contributed by atoms with Crippen molar-refractivity contribution >= 4 is 10.9 Å². The molecule has 2 atom stereocenters. The van der Waals surface area contributed by atoms with E-state index >= 15 is 0 Å². The Hall–Kier alpha value is -3.13. The number of aromatic nitrogens is 5. The normalized spacial score (nSPS) is 15.0. The molecule has 138 valence electrons. The summed E-state index contributed by atoms with van der Waals surface area (Å²) in [5, 5.41) is 20.9. The monoisotopic (exact) mass is 369 g/mol. The number of benzene rings is 2. The van der Waals surface area contributed by atoms with Crippen molar-refractivity contribution in [3.05, 3.63) is 78.5 Å². The third-order valence-corrected chi connectivity index (χ3v) is 4.83. The van der Waals surface area contributed by atoms with Gasteiger partial charge in [0.05, 0.1) is 24.3 Å². The maximum atomic E-state index is 14.6. The highest BCUT2D eigenvalue weighted by Crippen LogP contribution is 2.37. The smallest absolute Gasteiger partial charge is 0.137 e. The number of nitrogens with zero attached hydrogens (tertiary/aromatic N) is 5. The first-order valence-electron chi connectivity index (χ1n) is 8.41. The van der Waals surface area contributed by atoms with E-state index in [0.717, 1.165) is 23.0 Å². The van der Waals surface area contributed by atoms with Crippen molar-refractivity contribution in [2.75, 3.05) is 0 Å². The average molecular weight is 369 g/mol. The van der Waals surface area contributed by atoms with Crippen LogP contribution in [0.15, 0.2) is 61.3 Å². The molecule has 2 aromatic heterocycles. The number of para-hydroxylation sites is 1. The molecular formula is C19H17F2N5O. The second kappa shape index (κ2) is 6.55. The van der Waals surface area contributed by atoms with E-state index in [1.165, 1.54) is 23.4 Å². The van der Waals surface area contributed by atoms with Gasteiger partial charge in [-0.2, -0.15) is 10.2 Å². The van der Waals surface area contributed by atoms with E-state index in [2.05, 4.69) is 15.2 Å². The van der Waals surface area contributed by atoms with Crippen LogP contribution in [0.2, 0.25) is 0 Å². The summed E-state index contributed by atoms with van der Waals surface area (Å²) in [6.45, 7) is 1.66. The Balaban J connectivity index is 1.86. The van der Waals surface area contributed by atoms with Crippen LogP contribution in [0.1, 0.15) is 18.5 Å². The van der Waals surface area contributed by atoms with Gasteiger partial charge in [-0.15, -0.1) is 0 Å². The van der Waals surface area contributed by atoms with E-state index < -0.39 is 23.3 Å². The molecule has 0 aliphatic heterocycles. The lowest BCUT2D eigenvalue weighted by Gasteiger charge is -2.35. The maximum absolute atomic E-state index is 14.6. The van der Waals surface area contributed by atoms with E-state index in [9.17, 15) is 13.9 Å². The summed E-state index contributed by atoms with van der Waals surface area (Å²) in [5.74, 6) is -1.54. The summed E-state index contributed by atoms with van der Waals surface area (Å²) in [4.78, 5) is 3.87. The summed E-state index contributed by atoms with van der Waals surface area (Å²) in [5.41, 5.74) is -0.990. The maximum Gasteiger partial charge on any atom is 0.137 e. The lowest BCUT2D eigenvalue weighted by atomic mass is 9.86. The molecule has 0 spiro atoms. The molecule has 0 aliphatic carbocycles. The molecule has 0 unspecified atom stereocenters. The molecule has 0 radical (unpaired) electrons. The van der Waals surface area contributed by atoms with Gasteiger partial charge < -0.3 is 5.11 Å². The lowest BCUT2D eigenvalue weighted by molar-refractivity contribution is -0.0354. The van der Waals surface area contributed by atoms with E-state index in [1.807, 2.05) is 24.3 Å². The summed E-state index contributed by atoms with van der Waals surface area (Å²) >= 11 is 0. The highest BCUT2D eigenvalue weighted by atomic mass is 19.1. The molecule has 2 heterocycles. The zero-order valence-corrected chi connectivity index (χ0v) is 14.5. The Morgan fingerprint density at radius 2 is 1.96 bits per heavy atom. The third-order valence-electron chi connectivity index (χ3n) is 4.83. The molecule has 1 N–H and O–H groups in total. The number of rotatable bonds is 5. The van der Waals surface area contributed by atoms with E-state index in [0.29, 0.717) is 0 Å². The first kappa shape index (κ1) is 17.3. The summed E-state index contributed by atoms with van der Waals surface area (Å²) < 4.78 is 31.1. The van der Waals surface area contributed by atoms with Crippen LogP contribution < -0.4 is 0 Å². The molecule has 0 amide bonds. The number of hydrogen-bond donors (Lipinski definition) is 1. The molecular weight excluding hydrogens is 352 g/mol. The van der Waals surface area contributed by atoms with Crippen LogP contribution in [0.25, 0.3) is 10.9 Å². The fourth-order valence-corrected chi connectivity index (χ4v) is 3.35. The second-order valence-corrected chi connectivity index (χ2v) is 6.47. The Bertz CT molecular complexity index is 1080. The van der Waals surface area contributed by atoms with Crippen LogP contribution in [0.5, 0.6) is 0 Å². The topological polar surface area (TPSA) is 68.8 Å². The lowest BCUT2D eigenvalue weighted by Crippen LogP contribution is -2.41. The minimum absolute atomic E-state index is 0.0357. The van der Waals surface area contributed by atoms with Crippen molar-refractivity contribution < 1.29 is 13.9 Å². The molecule has 0 aliphatic rings. The van der Waals surface area contributed by atoms with Gasteiger partial charge in [-0.05, 0) is 19.1 Å². The molecule has 0 fully saturated rings. The van der Waals surface area contributed by atoms with Crippen LogP contribution in [-0.2, 0) is 12.1 Å². The van der Waals surface area contributed by atoms with Gasteiger partial charge >= 0.3 is 0 Å². The zero-order valence-electron chi connectivity index (χ0n) is 14.5. The van der Waals surface area contributed by atoms with Gasteiger partial charge in [-0.3, -0.25) is 4.68 Å². The minimum atomic E-state index is -1.75. The highest BCUT2D eigenvalue weighted by molar-refractivity contribution is 5.78. The van der Waals surface area contributed by atoms with Crippen molar-refractivity contribution in [2.45, 2.75) is 25.1 Å². The molecule has 0 bridgehead atoms. The number of fused-ring (bicyclic) bond motifs is 1. The molecule has 8 heteroatoms. The SMILES string of the molecule is C[C@@H](n1ncc2ccccc21)[C@](O)(Cn1cncn1)c1ccc(F)cc1F. The van der Waals surface area contributed by atoms with Gasteiger partial charge in [-0.25, -0.2) is 18.4 Å². The van der Waals surface area contributed by atoms with Gasteiger partial charge in [0.15, 0.2) is 0 Å². The Morgan fingerprint density at radius 3 is 2.70 bits per heavy atom. The van der Waals surface area contributed by atoms with Crippen molar-refractivity contribution in [3.63, 3.8) is 0 Å². The van der Waals surface area contributed by atoms with Gasteiger partial charge in [0, 0.05) is 17.0 Å². The van der Waals surface area contributed by atoms with Crippen molar-refractivity contribution in [2.24, 2.45) is 0 Å². The molecule has 27 heavy (non-hydrogen) atoms. The predicted octanol–water partition coefficient (Wildman–Crippen LogP) is 3.06. The van der Waals surface area contributed by atoms with Gasteiger partial charge in [-0.1, -0.05) is 24.3 Å². The predicted molar refractivity (Wildman–Crippen MR) is 94.7 cm³/mol. The molecule has 4 aromatic rings. The summed E-state index contributed by atoms with van der Waals surface area (Å²) in [7, 11) is 0. The third kappa shape index (κ3) is 2.97. The quantitative estimate of drug-likeness (QED) is 0.587. The molecule has 0 saturated carbocycles. The van der Waals surface area contributed by atoms with E-state index in [-0.39, 0.29) is 12.1 Å². The first-order valence-corrected chi connectivity index (χ1v) is 8.41. The number of halogens is 2. The second-order valence-electron chi connectivity index (χ2n) is 6.47. The fraction of sp³-hybridized carbons (Fsp3) is 0.211. The molecule has 0 saturated heterocycles. The molecule has 2 aromatic carbocycles. The van der Waals surface area contributed by atoms with Crippen molar-refractivity contribution in [3.8, 4) is 0 Å². The Kier molecular flexibility index (Phi) is 4.19. The van der Waals surface area contributed by atoms with Crippen molar-refractivity contribution in [1.29, 1.82) is 0 Å². The minimum Gasteiger partial charge on any atom is -0.381 e. The fourth-order valence-electron chi connectivity index (χ4n) is 3.35. The Morgan fingerprint density at radius 1 is 1.15 bits per heavy atom.